The van der Waals surface area contributed by atoms with Gasteiger partial charge in [0.25, 0.3) is 0 Å². The molecule has 2 heteroatoms. The van der Waals surface area contributed by atoms with Crippen LogP contribution in [0.25, 0.3) is 0 Å². The highest BCUT2D eigenvalue weighted by Gasteiger charge is 2.65. The zero-order valence-corrected chi connectivity index (χ0v) is 13.3. The van der Waals surface area contributed by atoms with Gasteiger partial charge in [0.1, 0.15) is 5.76 Å². The van der Waals surface area contributed by atoms with Gasteiger partial charge in [-0.05, 0) is 52.4 Å². The number of rotatable bonds is 4. The summed E-state index contributed by atoms with van der Waals surface area (Å²) in [6.07, 6.45) is 10.1. The minimum absolute atomic E-state index is 0.0107. The number of hydrogen-bond donors (Lipinski definition) is 0. The van der Waals surface area contributed by atoms with Gasteiger partial charge in [0, 0.05) is 5.92 Å². The highest BCUT2D eigenvalue weighted by molar-refractivity contribution is 5.57. The van der Waals surface area contributed by atoms with Crippen LogP contribution in [0.4, 0.5) is 0 Å². The van der Waals surface area contributed by atoms with Crippen molar-refractivity contribution >= 4 is 0 Å². The Morgan fingerprint density at radius 3 is 2.75 bits per heavy atom. The summed E-state index contributed by atoms with van der Waals surface area (Å²) in [5.41, 5.74) is 2.79. The van der Waals surface area contributed by atoms with Crippen molar-refractivity contribution in [2.24, 2.45) is 11.3 Å². The van der Waals surface area contributed by atoms with Gasteiger partial charge in [0.2, 0.25) is 0 Å². The predicted molar refractivity (Wildman–Crippen MR) is 83.4 cm³/mol. The Balaban J connectivity index is 2.16. The molecule has 3 atom stereocenters. The third-order valence-corrected chi connectivity index (χ3v) is 5.63. The lowest BCUT2D eigenvalue weighted by atomic mass is 9.67. The van der Waals surface area contributed by atoms with E-state index in [1.165, 1.54) is 42.6 Å². The third-order valence-electron chi connectivity index (χ3n) is 5.63. The predicted octanol–water partition coefficient (Wildman–Crippen LogP) is 3.91. The first-order chi connectivity index (χ1) is 9.49. The number of allylic oxidation sites excluding steroid dienone is 1. The van der Waals surface area contributed by atoms with Crippen LogP contribution in [0.2, 0.25) is 0 Å². The van der Waals surface area contributed by atoms with Gasteiger partial charge in [-0.25, -0.2) is 0 Å². The summed E-state index contributed by atoms with van der Waals surface area (Å²) in [5.74, 6) is 1.86. The van der Waals surface area contributed by atoms with E-state index in [0.717, 1.165) is 6.61 Å². The summed E-state index contributed by atoms with van der Waals surface area (Å²) in [4.78, 5) is 2.39. The normalized spacial score (nSPS) is 38.5. The van der Waals surface area contributed by atoms with Crippen molar-refractivity contribution in [1.82, 2.24) is 4.90 Å². The van der Waals surface area contributed by atoms with E-state index in [9.17, 15) is 0 Å². The van der Waals surface area contributed by atoms with Crippen molar-refractivity contribution in [3.8, 4) is 0 Å². The number of nitrogens with zero attached hydrogens (tertiary/aromatic N) is 1. The summed E-state index contributed by atoms with van der Waals surface area (Å²) in [5, 5.41) is 0. The molecule has 1 fully saturated rings. The molecule has 3 rings (SSSR count). The van der Waals surface area contributed by atoms with Crippen molar-refractivity contribution in [2.45, 2.75) is 45.1 Å². The maximum atomic E-state index is 6.06. The lowest BCUT2D eigenvalue weighted by molar-refractivity contribution is 0.0723. The molecular weight excluding hydrogens is 246 g/mol. The molecule has 0 spiro atoms. The molecule has 1 saturated carbocycles. The molecule has 0 aromatic rings. The Labute approximate surface area is 123 Å². The molecule has 0 heterocycles. The molecule has 0 amide bonds. The third kappa shape index (κ3) is 1.49. The van der Waals surface area contributed by atoms with E-state index in [1.807, 2.05) is 0 Å². The molecule has 2 bridgehead atoms. The SMILES string of the molecule is C=C(C)C1=C[C@]23CCCC[C@H]2[C@@]1(N(C)C)C=C3OCC. The van der Waals surface area contributed by atoms with Gasteiger partial charge in [0.15, 0.2) is 0 Å². The standard InChI is InChI=1S/C18H27NO/c1-6-20-16-12-18(19(4)5)14(13(2)3)11-17(16)10-8-7-9-15(17)18/h11-12,15H,2,6-10H2,1,3-5H3/t15-,17-,18-/m1/s1. The zero-order chi connectivity index (χ0) is 14.5. The second kappa shape index (κ2) is 4.49. The second-order valence-corrected chi connectivity index (χ2v) is 6.84. The van der Waals surface area contributed by atoms with Gasteiger partial charge in [-0.3, -0.25) is 4.90 Å². The van der Waals surface area contributed by atoms with Crippen LogP contribution in [-0.4, -0.2) is 31.1 Å². The van der Waals surface area contributed by atoms with Crippen LogP contribution in [0.15, 0.2) is 35.6 Å². The first-order valence-electron chi connectivity index (χ1n) is 7.92. The fourth-order valence-corrected chi connectivity index (χ4v) is 4.90. The Bertz CT molecular complexity index is 502. The Hall–Kier alpha value is -1.02. The fourth-order valence-electron chi connectivity index (χ4n) is 4.90. The second-order valence-electron chi connectivity index (χ2n) is 6.84. The molecule has 110 valence electrons. The smallest absolute Gasteiger partial charge is 0.104 e. The van der Waals surface area contributed by atoms with Gasteiger partial charge < -0.3 is 4.74 Å². The van der Waals surface area contributed by atoms with Gasteiger partial charge >= 0.3 is 0 Å². The van der Waals surface area contributed by atoms with Gasteiger partial charge in [-0.1, -0.05) is 31.1 Å². The van der Waals surface area contributed by atoms with E-state index in [2.05, 4.69) is 51.6 Å². The molecule has 20 heavy (non-hydrogen) atoms. The van der Waals surface area contributed by atoms with E-state index in [1.54, 1.807) is 0 Å². The Morgan fingerprint density at radius 2 is 2.15 bits per heavy atom. The summed E-state index contributed by atoms with van der Waals surface area (Å²) >= 11 is 0. The van der Waals surface area contributed by atoms with Gasteiger partial charge in [-0.2, -0.15) is 0 Å². The first kappa shape index (κ1) is 13.9. The average molecular weight is 273 g/mol. The summed E-state index contributed by atoms with van der Waals surface area (Å²) in [6.45, 7) is 9.25. The van der Waals surface area contributed by atoms with Crippen molar-refractivity contribution < 1.29 is 4.74 Å². The quantitative estimate of drug-likeness (QED) is 0.770. The van der Waals surface area contributed by atoms with Gasteiger partial charge in [-0.15, -0.1) is 0 Å². The molecule has 3 aliphatic carbocycles. The van der Waals surface area contributed by atoms with Crippen LogP contribution in [0.3, 0.4) is 0 Å². The van der Waals surface area contributed by atoms with Crippen LogP contribution in [0.1, 0.15) is 39.5 Å². The molecule has 0 saturated heterocycles. The van der Waals surface area contributed by atoms with Gasteiger partial charge in [0.05, 0.1) is 17.6 Å². The van der Waals surface area contributed by atoms with Crippen LogP contribution >= 0.6 is 0 Å². The molecule has 0 radical (unpaired) electrons. The first-order valence-corrected chi connectivity index (χ1v) is 7.92. The van der Waals surface area contributed by atoms with E-state index >= 15 is 0 Å². The summed E-state index contributed by atoms with van der Waals surface area (Å²) in [6, 6.07) is 0. The van der Waals surface area contributed by atoms with E-state index in [-0.39, 0.29) is 11.0 Å². The molecule has 2 nitrogen and oxygen atoms in total. The van der Waals surface area contributed by atoms with Crippen molar-refractivity contribution in [1.29, 1.82) is 0 Å². The van der Waals surface area contributed by atoms with Crippen molar-refractivity contribution in [3.63, 3.8) is 0 Å². The number of likely N-dealkylation sites (N-methyl/N-ethyl adjacent to an activating group) is 1. The molecular formula is C18H27NO. The van der Waals surface area contributed by atoms with Crippen LogP contribution < -0.4 is 0 Å². The van der Waals surface area contributed by atoms with E-state index < -0.39 is 0 Å². The Kier molecular flexibility index (Phi) is 3.13. The average Bonchev–Trinajstić information content (AvgIpc) is 2.86. The van der Waals surface area contributed by atoms with Crippen LogP contribution in [-0.2, 0) is 4.74 Å². The lowest BCUT2D eigenvalue weighted by Gasteiger charge is -2.43. The minimum Gasteiger partial charge on any atom is -0.498 e. The molecule has 0 N–H and O–H groups in total. The molecule has 0 aromatic carbocycles. The summed E-state index contributed by atoms with van der Waals surface area (Å²) < 4.78 is 6.06. The Morgan fingerprint density at radius 1 is 1.40 bits per heavy atom. The van der Waals surface area contributed by atoms with Crippen LogP contribution in [0, 0.1) is 11.3 Å². The fraction of sp³-hybridized carbons (Fsp3) is 0.667. The molecule has 0 aromatic heterocycles. The topological polar surface area (TPSA) is 12.5 Å². The van der Waals surface area contributed by atoms with Crippen molar-refractivity contribution in [3.05, 3.63) is 35.6 Å². The van der Waals surface area contributed by atoms with E-state index in [0.29, 0.717) is 5.92 Å². The maximum Gasteiger partial charge on any atom is 0.104 e. The van der Waals surface area contributed by atoms with Crippen molar-refractivity contribution in [2.75, 3.05) is 20.7 Å². The molecule has 3 aliphatic rings. The number of ether oxygens (including phenoxy) is 1. The zero-order valence-electron chi connectivity index (χ0n) is 13.3. The van der Waals surface area contributed by atoms with E-state index in [4.69, 9.17) is 4.74 Å². The monoisotopic (exact) mass is 273 g/mol. The van der Waals surface area contributed by atoms with Crippen LogP contribution in [0.5, 0.6) is 0 Å². The largest absolute Gasteiger partial charge is 0.498 e. The molecule has 0 unspecified atom stereocenters. The highest BCUT2D eigenvalue weighted by atomic mass is 16.5. The maximum absolute atomic E-state index is 6.06. The number of hydrogen-bond acceptors (Lipinski definition) is 2. The minimum atomic E-state index is 0.0107. The lowest BCUT2D eigenvalue weighted by Crippen LogP contribution is -2.49. The highest BCUT2D eigenvalue weighted by Crippen LogP contribution is 2.66. The summed E-state index contributed by atoms with van der Waals surface area (Å²) in [7, 11) is 4.40. The molecule has 0 aliphatic heterocycles.